The summed E-state index contributed by atoms with van der Waals surface area (Å²) in [4.78, 5) is 27.9. The van der Waals surface area contributed by atoms with Gasteiger partial charge in [0.05, 0.1) is 17.1 Å². The van der Waals surface area contributed by atoms with E-state index in [4.69, 9.17) is 25.8 Å². The van der Waals surface area contributed by atoms with Crippen LogP contribution in [0.2, 0.25) is 5.02 Å². The summed E-state index contributed by atoms with van der Waals surface area (Å²) in [6, 6.07) is 16.6. The van der Waals surface area contributed by atoms with Crippen LogP contribution < -0.4 is 14.2 Å². The van der Waals surface area contributed by atoms with Gasteiger partial charge in [0.15, 0.2) is 0 Å². The van der Waals surface area contributed by atoms with Gasteiger partial charge >= 0.3 is 5.97 Å². The minimum atomic E-state index is -3.65. The first kappa shape index (κ1) is 31.5. The van der Waals surface area contributed by atoms with E-state index in [-0.39, 0.29) is 34.7 Å². The predicted octanol–water partition coefficient (Wildman–Crippen LogP) is 4.79. The van der Waals surface area contributed by atoms with Crippen LogP contribution in [0.3, 0.4) is 0 Å². The van der Waals surface area contributed by atoms with Crippen LogP contribution in [0.15, 0.2) is 65.6 Å². The van der Waals surface area contributed by atoms with Crippen molar-refractivity contribution in [2.24, 2.45) is 0 Å². The number of ether oxygens (including phenoxy) is 3. The quantitative estimate of drug-likeness (QED) is 0.167. The minimum absolute atomic E-state index is 0.151. The Kier molecular flexibility index (Phi) is 10.6. The minimum Gasteiger partial charge on any atom is -0.491 e. The zero-order valence-electron chi connectivity index (χ0n) is 23.9. The number of hydrogen-bond donors (Lipinski definition) is 1. The van der Waals surface area contributed by atoms with Crippen molar-refractivity contribution >= 4 is 33.5 Å². The number of esters is 1. The maximum absolute atomic E-state index is 14.2. The first-order chi connectivity index (χ1) is 20.1. The number of carbonyl (C=O) groups is 2. The number of carbonyl (C=O) groups excluding carboxylic acids is 2. The van der Waals surface area contributed by atoms with Crippen molar-refractivity contribution in [3.05, 3.63) is 87.9 Å². The van der Waals surface area contributed by atoms with Gasteiger partial charge in [0, 0.05) is 43.8 Å². The number of methoxy groups -OCH3 is 1. The second kappa shape index (κ2) is 14.2. The Bertz CT molecular complexity index is 1540. The summed E-state index contributed by atoms with van der Waals surface area (Å²) in [6.07, 6.45) is 1.63. The maximum atomic E-state index is 14.2. The van der Waals surface area contributed by atoms with E-state index in [1.54, 1.807) is 66.6 Å². The average molecular weight is 615 g/mol. The van der Waals surface area contributed by atoms with Crippen LogP contribution in [0.4, 0.5) is 0 Å². The van der Waals surface area contributed by atoms with E-state index in [1.807, 2.05) is 13.0 Å². The molecule has 0 heterocycles. The van der Waals surface area contributed by atoms with Gasteiger partial charge in [0.1, 0.15) is 18.1 Å². The standard InChI is InChI=1S/C31H35ClN2O7S/c1-4-13-33-42(37,38)27-11-9-22-17-26(18-23(22)19-27)34(31(36)28-7-5-6-8-30(28)41-21(2)35)20-24-16-25(32)10-12-29(24)40-15-14-39-3/h5-12,16,19,26,33H,4,13-15,17-18,20H2,1-3H3. The number of halogens is 1. The summed E-state index contributed by atoms with van der Waals surface area (Å²) in [5, 5.41) is 0.487. The molecular formula is C31H35ClN2O7S. The molecule has 0 fully saturated rings. The first-order valence-corrected chi connectivity index (χ1v) is 15.6. The molecule has 0 aliphatic heterocycles. The molecule has 4 rings (SSSR count). The molecule has 224 valence electrons. The van der Waals surface area contributed by atoms with Crippen LogP contribution in [0.1, 0.15) is 47.3 Å². The van der Waals surface area contributed by atoms with Crippen molar-refractivity contribution in [3.63, 3.8) is 0 Å². The van der Waals surface area contributed by atoms with Crippen molar-refractivity contribution < 1.29 is 32.2 Å². The van der Waals surface area contributed by atoms with Gasteiger partial charge in [0.2, 0.25) is 10.0 Å². The number of sulfonamides is 1. The fraction of sp³-hybridized carbons (Fsp3) is 0.355. The molecule has 1 amide bonds. The Balaban J connectivity index is 1.71. The highest BCUT2D eigenvalue weighted by Gasteiger charge is 2.33. The van der Waals surface area contributed by atoms with Crippen molar-refractivity contribution in [2.45, 2.75) is 50.6 Å². The number of benzene rings is 3. The molecule has 0 spiro atoms. The second-order valence-corrected chi connectivity index (χ2v) is 12.2. The third-order valence-corrected chi connectivity index (χ3v) is 8.62. The molecule has 0 aromatic heterocycles. The largest absolute Gasteiger partial charge is 0.491 e. The monoisotopic (exact) mass is 614 g/mol. The molecule has 42 heavy (non-hydrogen) atoms. The SMILES string of the molecule is CCCNS(=O)(=O)c1ccc2c(c1)CC(N(Cc1cc(Cl)ccc1OCCOC)C(=O)c1ccccc1OC(C)=O)C2. The fourth-order valence-electron chi connectivity index (χ4n) is 4.92. The molecule has 0 saturated carbocycles. The smallest absolute Gasteiger partial charge is 0.308 e. The lowest BCUT2D eigenvalue weighted by Gasteiger charge is -2.30. The van der Waals surface area contributed by atoms with Gasteiger partial charge in [-0.25, -0.2) is 13.1 Å². The Hall–Kier alpha value is -3.44. The van der Waals surface area contributed by atoms with Crippen LogP contribution >= 0.6 is 11.6 Å². The fourth-order valence-corrected chi connectivity index (χ4v) is 6.30. The molecule has 0 saturated heterocycles. The topological polar surface area (TPSA) is 111 Å². The second-order valence-electron chi connectivity index (χ2n) is 10.0. The summed E-state index contributed by atoms with van der Waals surface area (Å²) in [7, 11) is -2.06. The van der Waals surface area contributed by atoms with E-state index in [2.05, 4.69) is 4.72 Å². The summed E-state index contributed by atoms with van der Waals surface area (Å²) in [5.74, 6) is -0.156. The molecule has 1 aliphatic rings. The number of nitrogens with zero attached hydrogens (tertiary/aromatic N) is 1. The van der Waals surface area contributed by atoms with Crippen LogP contribution in [-0.2, 0) is 38.9 Å². The molecule has 1 aliphatic carbocycles. The van der Waals surface area contributed by atoms with E-state index in [0.29, 0.717) is 55.4 Å². The van der Waals surface area contributed by atoms with Gasteiger partial charge in [0.25, 0.3) is 5.91 Å². The Morgan fingerprint density at radius 2 is 1.76 bits per heavy atom. The molecule has 0 bridgehead atoms. The summed E-state index contributed by atoms with van der Waals surface area (Å²) in [6.45, 7) is 4.37. The van der Waals surface area contributed by atoms with Crippen LogP contribution in [0, 0.1) is 0 Å². The number of para-hydroxylation sites is 1. The van der Waals surface area contributed by atoms with E-state index in [0.717, 1.165) is 11.1 Å². The van der Waals surface area contributed by atoms with E-state index < -0.39 is 16.0 Å². The lowest BCUT2D eigenvalue weighted by molar-refractivity contribution is -0.131. The van der Waals surface area contributed by atoms with Crippen LogP contribution in [-0.4, -0.2) is 58.1 Å². The van der Waals surface area contributed by atoms with Crippen molar-refractivity contribution in [3.8, 4) is 11.5 Å². The Morgan fingerprint density at radius 1 is 1.00 bits per heavy atom. The van der Waals surface area contributed by atoms with E-state index in [9.17, 15) is 18.0 Å². The van der Waals surface area contributed by atoms with Crippen molar-refractivity contribution in [2.75, 3.05) is 26.9 Å². The first-order valence-electron chi connectivity index (χ1n) is 13.7. The molecule has 1 N–H and O–H groups in total. The zero-order valence-corrected chi connectivity index (χ0v) is 25.5. The van der Waals surface area contributed by atoms with Gasteiger partial charge in [-0.15, -0.1) is 0 Å². The number of fused-ring (bicyclic) bond motifs is 1. The maximum Gasteiger partial charge on any atom is 0.308 e. The number of amides is 1. The molecule has 11 heteroatoms. The van der Waals surface area contributed by atoms with Gasteiger partial charge in [-0.1, -0.05) is 36.7 Å². The number of hydrogen-bond acceptors (Lipinski definition) is 7. The summed E-state index contributed by atoms with van der Waals surface area (Å²) in [5.41, 5.74) is 2.75. The third kappa shape index (κ3) is 7.69. The van der Waals surface area contributed by atoms with Crippen LogP contribution in [0.25, 0.3) is 0 Å². The van der Waals surface area contributed by atoms with Crippen molar-refractivity contribution in [1.82, 2.24) is 9.62 Å². The highest BCUT2D eigenvalue weighted by atomic mass is 35.5. The lowest BCUT2D eigenvalue weighted by atomic mass is 10.1. The summed E-state index contributed by atoms with van der Waals surface area (Å²) < 4.78 is 44.6. The van der Waals surface area contributed by atoms with Gasteiger partial charge in [-0.05, 0) is 72.9 Å². The number of nitrogens with one attached hydrogen (secondary N) is 1. The van der Waals surface area contributed by atoms with E-state index >= 15 is 0 Å². The van der Waals surface area contributed by atoms with Gasteiger partial charge in [-0.2, -0.15) is 0 Å². The predicted molar refractivity (Wildman–Crippen MR) is 160 cm³/mol. The highest BCUT2D eigenvalue weighted by molar-refractivity contribution is 7.89. The molecule has 3 aromatic rings. The average Bonchev–Trinajstić information content (AvgIpc) is 3.39. The molecule has 0 radical (unpaired) electrons. The molecule has 9 nitrogen and oxygen atoms in total. The zero-order chi connectivity index (χ0) is 30.3. The highest BCUT2D eigenvalue weighted by Crippen LogP contribution is 2.33. The molecule has 1 atom stereocenters. The third-order valence-electron chi connectivity index (χ3n) is 6.92. The van der Waals surface area contributed by atoms with Crippen LogP contribution in [0.5, 0.6) is 11.5 Å². The molecular weight excluding hydrogens is 580 g/mol. The molecule has 1 unspecified atom stereocenters. The van der Waals surface area contributed by atoms with Crippen molar-refractivity contribution in [1.29, 1.82) is 0 Å². The normalized spacial score (nSPS) is 14.3. The number of rotatable bonds is 13. The van der Waals surface area contributed by atoms with E-state index in [1.165, 1.54) is 6.92 Å². The molecule has 3 aromatic carbocycles. The van der Waals surface area contributed by atoms with Gasteiger partial charge < -0.3 is 19.1 Å². The summed E-state index contributed by atoms with van der Waals surface area (Å²) >= 11 is 6.37. The Labute approximate surface area is 251 Å². The van der Waals surface area contributed by atoms with Gasteiger partial charge in [-0.3, -0.25) is 9.59 Å². The lowest BCUT2D eigenvalue weighted by Crippen LogP contribution is -2.40. The Morgan fingerprint density at radius 3 is 2.50 bits per heavy atom.